The Bertz CT molecular complexity index is 1300. The Morgan fingerprint density at radius 3 is 2.23 bits per heavy atom. The minimum Gasteiger partial charge on any atom is -0.367 e. The Hall–Kier alpha value is -3.58. The minimum absolute atomic E-state index is 0.00776. The lowest BCUT2D eigenvalue weighted by atomic mass is 10.1. The predicted octanol–water partition coefficient (Wildman–Crippen LogP) is 3.73. The van der Waals surface area contributed by atoms with Crippen LogP contribution in [0.3, 0.4) is 0 Å². The Labute approximate surface area is 208 Å². The monoisotopic (exact) mass is 490 g/mol. The SMILES string of the molecule is O=C(NCc1ccccc1)c1cn(C2CC2)cc(C(=O)N2CCN(c3ccccc3Cl)CC2)c1=O. The molecule has 0 unspecified atom stereocenters. The zero-order valence-corrected chi connectivity index (χ0v) is 20.1. The number of piperazine rings is 1. The van der Waals surface area contributed by atoms with E-state index in [1.54, 1.807) is 17.3 Å². The summed E-state index contributed by atoms with van der Waals surface area (Å²) >= 11 is 6.33. The van der Waals surface area contributed by atoms with Gasteiger partial charge < -0.3 is 19.7 Å². The van der Waals surface area contributed by atoms with Crippen molar-refractivity contribution in [3.05, 3.63) is 98.9 Å². The number of pyridine rings is 1. The number of aromatic nitrogens is 1. The Balaban J connectivity index is 1.34. The van der Waals surface area contributed by atoms with Gasteiger partial charge in [0.1, 0.15) is 11.1 Å². The molecule has 1 aliphatic heterocycles. The fourth-order valence-electron chi connectivity index (χ4n) is 4.40. The summed E-state index contributed by atoms with van der Waals surface area (Å²) in [4.78, 5) is 43.5. The first-order valence-electron chi connectivity index (χ1n) is 11.9. The van der Waals surface area contributed by atoms with Crippen molar-refractivity contribution in [3.8, 4) is 0 Å². The lowest BCUT2D eigenvalue weighted by molar-refractivity contribution is 0.0744. The fourth-order valence-corrected chi connectivity index (χ4v) is 4.65. The molecule has 2 aliphatic rings. The number of anilines is 1. The Morgan fingerprint density at radius 2 is 1.54 bits per heavy atom. The van der Waals surface area contributed by atoms with Crippen LogP contribution in [0.5, 0.6) is 0 Å². The molecule has 1 saturated heterocycles. The largest absolute Gasteiger partial charge is 0.367 e. The summed E-state index contributed by atoms with van der Waals surface area (Å²) in [6, 6.07) is 17.4. The molecule has 0 spiro atoms. The van der Waals surface area contributed by atoms with E-state index in [2.05, 4.69) is 10.2 Å². The number of para-hydroxylation sites is 1. The van der Waals surface area contributed by atoms with Crippen LogP contribution in [0.15, 0.2) is 71.8 Å². The molecule has 1 N–H and O–H groups in total. The first kappa shape index (κ1) is 23.2. The van der Waals surface area contributed by atoms with E-state index in [1.165, 1.54) is 0 Å². The number of carbonyl (C=O) groups is 2. The van der Waals surface area contributed by atoms with Gasteiger partial charge >= 0.3 is 0 Å². The Morgan fingerprint density at radius 1 is 0.886 bits per heavy atom. The number of benzene rings is 2. The number of halogens is 1. The van der Waals surface area contributed by atoms with Gasteiger partial charge in [-0.3, -0.25) is 14.4 Å². The van der Waals surface area contributed by atoms with Crippen molar-refractivity contribution in [2.45, 2.75) is 25.4 Å². The van der Waals surface area contributed by atoms with Gasteiger partial charge in [-0.15, -0.1) is 0 Å². The third-order valence-electron chi connectivity index (χ3n) is 6.55. The maximum Gasteiger partial charge on any atom is 0.259 e. The Kier molecular flexibility index (Phi) is 6.59. The van der Waals surface area contributed by atoms with Gasteiger partial charge in [0, 0.05) is 51.2 Å². The maximum absolute atomic E-state index is 13.4. The number of amides is 2. The maximum atomic E-state index is 13.4. The highest BCUT2D eigenvalue weighted by Gasteiger charge is 2.30. The second kappa shape index (κ2) is 9.96. The molecule has 35 heavy (non-hydrogen) atoms. The van der Waals surface area contributed by atoms with Crippen LogP contribution in [-0.4, -0.2) is 47.5 Å². The molecule has 1 aromatic heterocycles. The third kappa shape index (κ3) is 5.10. The van der Waals surface area contributed by atoms with Crippen molar-refractivity contribution in [2.24, 2.45) is 0 Å². The van der Waals surface area contributed by atoms with Gasteiger partial charge in [-0.2, -0.15) is 0 Å². The molecule has 8 heteroatoms. The molecule has 0 atom stereocenters. The van der Waals surface area contributed by atoms with E-state index in [4.69, 9.17) is 11.6 Å². The summed E-state index contributed by atoms with van der Waals surface area (Å²) in [5, 5.41) is 3.50. The van der Waals surface area contributed by atoms with E-state index in [0.717, 1.165) is 24.1 Å². The van der Waals surface area contributed by atoms with E-state index in [9.17, 15) is 14.4 Å². The highest BCUT2D eigenvalue weighted by atomic mass is 35.5. The zero-order chi connectivity index (χ0) is 24.4. The van der Waals surface area contributed by atoms with Crippen molar-refractivity contribution in [1.29, 1.82) is 0 Å². The summed E-state index contributed by atoms with van der Waals surface area (Å²) in [5.74, 6) is -0.799. The molecular formula is C27H27ClN4O3. The van der Waals surface area contributed by atoms with Crippen LogP contribution in [0.25, 0.3) is 0 Å². The van der Waals surface area contributed by atoms with Crippen LogP contribution in [-0.2, 0) is 6.54 Å². The lowest BCUT2D eigenvalue weighted by Crippen LogP contribution is -2.50. The molecule has 2 aromatic carbocycles. The molecule has 2 heterocycles. The summed E-state index contributed by atoms with van der Waals surface area (Å²) in [5.41, 5.74) is 1.41. The number of carbonyl (C=O) groups excluding carboxylic acids is 2. The number of hydrogen-bond acceptors (Lipinski definition) is 4. The molecule has 3 aromatic rings. The normalized spacial score (nSPS) is 15.7. The fraction of sp³-hybridized carbons (Fsp3) is 0.296. The molecule has 2 fully saturated rings. The molecule has 0 radical (unpaired) electrons. The molecule has 1 saturated carbocycles. The van der Waals surface area contributed by atoms with Crippen LogP contribution in [0.1, 0.15) is 45.2 Å². The molecule has 0 bridgehead atoms. The van der Waals surface area contributed by atoms with Crippen molar-refractivity contribution in [3.63, 3.8) is 0 Å². The summed E-state index contributed by atoms with van der Waals surface area (Å²) in [6.07, 6.45) is 5.15. The van der Waals surface area contributed by atoms with Crippen LogP contribution >= 0.6 is 11.6 Å². The van der Waals surface area contributed by atoms with Gasteiger partial charge in [0.2, 0.25) is 5.43 Å². The van der Waals surface area contributed by atoms with E-state index >= 15 is 0 Å². The molecule has 5 rings (SSSR count). The minimum atomic E-state index is -0.522. The van der Waals surface area contributed by atoms with E-state index in [0.29, 0.717) is 37.7 Å². The van der Waals surface area contributed by atoms with E-state index < -0.39 is 11.3 Å². The molecular weight excluding hydrogens is 464 g/mol. The van der Waals surface area contributed by atoms with Crippen molar-refractivity contribution in [1.82, 2.24) is 14.8 Å². The topological polar surface area (TPSA) is 74.7 Å². The summed E-state index contributed by atoms with van der Waals surface area (Å²) in [6.45, 7) is 2.48. The first-order chi connectivity index (χ1) is 17.0. The number of nitrogens with zero attached hydrogens (tertiary/aromatic N) is 3. The van der Waals surface area contributed by atoms with Crippen LogP contribution in [0, 0.1) is 0 Å². The number of hydrogen-bond donors (Lipinski definition) is 1. The average Bonchev–Trinajstić information content (AvgIpc) is 3.74. The van der Waals surface area contributed by atoms with Crippen LogP contribution in [0.2, 0.25) is 5.02 Å². The molecule has 1 aliphatic carbocycles. The van der Waals surface area contributed by atoms with Crippen molar-refractivity contribution >= 4 is 29.1 Å². The van der Waals surface area contributed by atoms with Gasteiger partial charge in [-0.1, -0.05) is 54.1 Å². The van der Waals surface area contributed by atoms with Gasteiger partial charge in [0.25, 0.3) is 11.8 Å². The van der Waals surface area contributed by atoms with Gasteiger partial charge in [-0.25, -0.2) is 0 Å². The predicted molar refractivity (Wildman–Crippen MR) is 136 cm³/mol. The second-order valence-corrected chi connectivity index (χ2v) is 9.40. The highest BCUT2D eigenvalue weighted by Crippen LogP contribution is 2.34. The van der Waals surface area contributed by atoms with Crippen molar-refractivity contribution < 1.29 is 9.59 Å². The third-order valence-corrected chi connectivity index (χ3v) is 6.86. The highest BCUT2D eigenvalue weighted by molar-refractivity contribution is 6.33. The first-order valence-corrected chi connectivity index (χ1v) is 12.3. The smallest absolute Gasteiger partial charge is 0.259 e. The van der Waals surface area contributed by atoms with Crippen molar-refractivity contribution in [2.75, 3.05) is 31.1 Å². The standard InChI is InChI=1S/C27H27ClN4O3/c28-23-8-4-5-9-24(23)30-12-14-31(15-13-30)27(35)22-18-32(20-10-11-20)17-21(25(22)33)26(34)29-16-19-6-2-1-3-7-19/h1-9,17-18,20H,10-16H2,(H,29,34). The second-order valence-electron chi connectivity index (χ2n) is 8.99. The zero-order valence-electron chi connectivity index (χ0n) is 19.3. The number of rotatable bonds is 6. The number of nitrogens with one attached hydrogen (secondary N) is 1. The summed E-state index contributed by atoms with van der Waals surface area (Å²) in [7, 11) is 0. The average molecular weight is 491 g/mol. The van der Waals surface area contributed by atoms with E-state index in [-0.39, 0.29) is 23.1 Å². The van der Waals surface area contributed by atoms with Gasteiger partial charge in [0.05, 0.1) is 10.7 Å². The molecule has 2 amide bonds. The van der Waals surface area contributed by atoms with Crippen LogP contribution in [0.4, 0.5) is 5.69 Å². The van der Waals surface area contributed by atoms with Crippen LogP contribution < -0.4 is 15.6 Å². The van der Waals surface area contributed by atoms with Gasteiger partial charge in [0.15, 0.2) is 0 Å². The summed E-state index contributed by atoms with van der Waals surface area (Å²) < 4.78 is 1.85. The van der Waals surface area contributed by atoms with E-state index in [1.807, 2.05) is 59.2 Å². The van der Waals surface area contributed by atoms with Gasteiger partial charge in [-0.05, 0) is 30.5 Å². The lowest BCUT2D eigenvalue weighted by Gasteiger charge is -2.36. The molecule has 7 nitrogen and oxygen atoms in total. The quantitative estimate of drug-likeness (QED) is 0.571. The molecule has 180 valence electrons.